The average Bonchev–Trinajstić information content (AvgIpc) is 3.25. The van der Waals surface area contributed by atoms with Gasteiger partial charge in [-0.3, -0.25) is 0 Å². The van der Waals surface area contributed by atoms with E-state index >= 15 is 0 Å². The molecule has 0 aliphatic rings. The first kappa shape index (κ1) is 19.3. The molecular formula is C26H22N4S. The topological polar surface area (TPSA) is 41.0 Å². The van der Waals surface area contributed by atoms with Gasteiger partial charge in [0.05, 0.1) is 5.39 Å². The van der Waals surface area contributed by atoms with Gasteiger partial charge in [-0.1, -0.05) is 54.6 Å². The number of thiophene rings is 1. The van der Waals surface area contributed by atoms with Crippen LogP contribution in [-0.4, -0.2) is 24.1 Å². The molecule has 4 nitrogen and oxygen atoms in total. The molecule has 0 saturated heterocycles. The Morgan fingerprint density at radius 1 is 0.742 bits per heavy atom. The first-order chi connectivity index (χ1) is 15.2. The maximum Gasteiger partial charge on any atom is 0.143 e. The van der Waals surface area contributed by atoms with E-state index in [1.54, 1.807) is 17.7 Å². The Labute approximate surface area is 185 Å². The molecule has 0 aliphatic heterocycles. The maximum absolute atomic E-state index is 4.56. The molecular weight excluding hydrogens is 400 g/mol. The Bertz CT molecular complexity index is 1310. The van der Waals surface area contributed by atoms with Gasteiger partial charge in [-0.05, 0) is 41.0 Å². The van der Waals surface area contributed by atoms with Crippen LogP contribution in [0.5, 0.6) is 0 Å². The number of hydrogen-bond acceptors (Lipinski definition) is 5. The Hall–Kier alpha value is -3.70. The maximum atomic E-state index is 4.56. The van der Waals surface area contributed by atoms with Gasteiger partial charge in [-0.2, -0.15) is 0 Å². The Balaban J connectivity index is 1.50. The third kappa shape index (κ3) is 3.88. The Kier molecular flexibility index (Phi) is 5.10. The lowest BCUT2D eigenvalue weighted by Gasteiger charge is -2.13. The van der Waals surface area contributed by atoms with E-state index < -0.39 is 0 Å². The number of anilines is 3. The second-order valence-corrected chi connectivity index (χ2v) is 8.42. The summed E-state index contributed by atoms with van der Waals surface area (Å²) in [6, 6.07) is 27.5. The van der Waals surface area contributed by atoms with Crippen molar-refractivity contribution in [1.82, 2.24) is 9.97 Å². The summed E-state index contributed by atoms with van der Waals surface area (Å²) in [5.74, 6) is 0.825. The van der Waals surface area contributed by atoms with Crippen LogP contribution in [0.2, 0.25) is 0 Å². The summed E-state index contributed by atoms with van der Waals surface area (Å²) >= 11 is 1.64. The van der Waals surface area contributed by atoms with Crippen LogP contribution in [0.4, 0.5) is 17.2 Å². The standard InChI is InChI=1S/C26H22N4S/c1-30(2)22-14-12-21(13-15-22)29-25-24-23(16-31-26(24)28-17-27-25)20-10-8-19(9-11-20)18-6-4-3-5-7-18/h3-17H,1-2H3,(H,27,28,29). The molecule has 5 heteroatoms. The fraction of sp³-hybridized carbons (Fsp3) is 0.0769. The molecule has 0 bridgehead atoms. The van der Waals surface area contributed by atoms with Gasteiger partial charge in [-0.15, -0.1) is 11.3 Å². The minimum Gasteiger partial charge on any atom is -0.378 e. The summed E-state index contributed by atoms with van der Waals surface area (Å²) in [5.41, 5.74) is 6.89. The lowest BCUT2D eigenvalue weighted by atomic mass is 10.0. The van der Waals surface area contributed by atoms with E-state index in [1.165, 1.54) is 11.1 Å². The van der Waals surface area contributed by atoms with Crippen molar-refractivity contribution in [3.63, 3.8) is 0 Å². The van der Waals surface area contributed by atoms with E-state index in [1.807, 2.05) is 20.2 Å². The summed E-state index contributed by atoms with van der Waals surface area (Å²) in [6.07, 6.45) is 1.62. The van der Waals surface area contributed by atoms with E-state index in [4.69, 9.17) is 0 Å². The van der Waals surface area contributed by atoms with Crippen LogP contribution in [0.25, 0.3) is 32.5 Å². The predicted octanol–water partition coefficient (Wildman–Crippen LogP) is 6.83. The number of rotatable bonds is 5. The predicted molar refractivity (Wildman–Crippen MR) is 132 cm³/mol. The zero-order valence-corrected chi connectivity index (χ0v) is 18.2. The van der Waals surface area contributed by atoms with Crippen LogP contribution in [0, 0.1) is 0 Å². The molecule has 5 aromatic rings. The van der Waals surface area contributed by atoms with Gasteiger partial charge in [0.2, 0.25) is 0 Å². The van der Waals surface area contributed by atoms with Crippen molar-refractivity contribution in [3.05, 3.63) is 90.6 Å². The third-order valence-electron chi connectivity index (χ3n) is 5.32. The monoisotopic (exact) mass is 422 g/mol. The number of nitrogens with one attached hydrogen (secondary N) is 1. The number of fused-ring (bicyclic) bond motifs is 1. The number of benzene rings is 3. The molecule has 0 unspecified atom stereocenters. The van der Waals surface area contributed by atoms with E-state index in [0.29, 0.717) is 0 Å². The molecule has 31 heavy (non-hydrogen) atoms. The van der Waals surface area contributed by atoms with Crippen LogP contribution in [0.1, 0.15) is 0 Å². The van der Waals surface area contributed by atoms with E-state index in [2.05, 4.69) is 98.4 Å². The summed E-state index contributed by atoms with van der Waals surface area (Å²) < 4.78 is 0. The molecule has 0 spiro atoms. The highest BCUT2D eigenvalue weighted by atomic mass is 32.1. The zero-order valence-electron chi connectivity index (χ0n) is 17.4. The molecule has 0 radical (unpaired) electrons. The first-order valence-electron chi connectivity index (χ1n) is 10.1. The fourth-order valence-corrected chi connectivity index (χ4v) is 4.55. The zero-order chi connectivity index (χ0) is 21.2. The summed E-state index contributed by atoms with van der Waals surface area (Å²) in [4.78, 5) is 12.1. The van der Waals surface area contributed by atoms with E-state index in [0.717, 1.165) is 38.5 Å². The highest BCUT2D eigenvalue weighted by molar-refractivity contribution is 7.17. The van der Waals surface area contributed by atoms with Crippen molar-refractivity contribution in [2.24, 2.45) is 0 Å². The molecule has 3 aromatic carbocycles. The van der Waals surface area contributed by atoms with Crippen molar-refractivity contribution in [3.8, 4) is 22.3 Å². The molecule has 0 aliphatic carbocycles. The normalized spacial score (nSPS) is 10.9. The largest absolute Gasteiger partial charge is 0.378 e. The van der Waals surface area contributed by atoms with E-state index in [-0.39, 0.29) is 0 Å². The summed E-state index contributed by atoms with van der Waals surface area (Å²) in [5, 5.41) is 6.70. The SMILES string of the molecule is CN(C)c1ccc(Nc2ncnc3scc(-c4ccc(-c5ccccc5)cc4)c23)cc1. The van der Waals surface area contributed by atoms with Crippen LogP contribution < -0.4 is 10.2 Å². The molecule has 0 saturated carbocycles. The van der Waals surface area contributed by atoms with E-state index in [9.17, 15) is 0 Å². The van der Waals surface area contributed by atoms with Crippen LogP contribution in [-0.2, 0) is 0 Å². The lowest BCUT2D eigenvalue weighted by Crippen LogP contribution is -2.08. The van der Waals surface area contributed by atoms with Crippen molar-refractivity contribution < 1.29 is 0 Å². The van der Waals surface area contributed by atoms with Crippen molar-refractivity contribution in [2.45, 2.75) is 0 Å². The minimum absolute atomic E-state index is 0.825. The molecule has 152 valence electrons. The molecule has 2 heterocycles. The smallest absolute Gasteiger partial charge is 0.143 e. The number of aromatic nitrogens is 2. The van der Waals surface area contributed by atoms with Gasteiger partial charge in [-0.25, -0.2) is 9.97 Å². The number of nitrogens with zero attached hydrogens (tertiary/aromatic N) is 3. The van der Waals surface area contributed by atoms with Gasteiger partial charge in [0.1, 0.15) is 17.0 Å². The Morgan fingerprint density at radius 3 is 2.13 bits per heavy atom. The molecule has 5 rings (SSSR count). The van der Waals surface area contributed by atoms with Crippen molar-refractivity contribution in [1.29, 1.82) is 0 Å². The van der Waals surface area contributed by atoms with Crippen LogP contribution in [0.15, 0.2) is 90.6 Å². The first-order valence-corrected chi connectivity index (χ1v) is 11.0. The van der Waals surface area contributed by atoms with Gasteiger partial charge in [0.15, 0.2) is 0 Å². The second-order valence-electron chi connectivity index (χ2n) is 7.56. The highest BCUT2D eigenvalue weighted by Crippen LogP contribution is 2.38. The van der Waals surface area contributed by atoms with Gasteiger partial charge in [0.25, 0.3) is 0 Å². The molecule has 0 fully saturated rings. The molecule has 2 aromatic heterocycles. The highest BCUT2D eigenvalue weighted by Gasteiger charge is 2.13. The van der Waals surface area contributed by atoms with Crippen LogP contribution in [0.3, 0.4) is 0 Å². The molecule has 0 atom stereocenters. The third-order valence-corrected chi connectivity index (χ3v) is 6.21. The summed E-state index contributed by atoms with van der Waals surface area (Å²) in [7, 11) is 4.08. The lowest BCUT2D eigenvalue weighted by molar-refractivity contribution is 1.13. The Morgan fingerprint density at radius 2 is 1.42 bits per heavy atom. The van der Waals surface area contributed by atoms with Gasteiger partial charge >= 0.3 is 0 Å². The second kappa shape index (κ2) is 8.20. The van der Waals surface area contributed by atoms with Crippen molar-refractivity contribution >= 4 is 38.7 Å². The number of hydrogen-bond donors (Lipinski definition) is 1. The quantitative estimate of drug-likeness (QED) is 0.337. The average molecular weight is 423 g/mol. The van der Waals surface area contributed by atoms with Gasteiger partial charge in [0, 0.05) is 36.4 Å². The summed E-state index contributed by atoms with van der Waals surface area (Å²) in [6.45, 7) is 0. The molecule has 0 amide bonds. The van der Waals surface area contributed by atoms with Crippen LogP contribution >= 0.6 is 11.3 Å². The van der Waals surface area contributed by atoms with Crippen molar-refractivity contribution in [2.75, 3.05) is 24.3 Å². The fourth-order valence-electron chi connectivity index (χ4n) is 3.63. The molecule has 1 N–H and O–H groups in total. The minimum atomic E-state index is 0.825. The van der Waals surface area contributed by atoms with Gasteiger partial charge < -0.3 is 10.2 Å².